The number of rotatable bonds is 9. The van der Waals surface area contributed by atoms with Gasteiger partial charge in [-0.25, -0.2) is 9.37 Å². The van der Waals surface area contributed by atoms with Crippen LogP contribution in [0.5, 0.6) is 5.88 Å². The van der Waals surface area contributed by atoms with Crippen molar-refractivity contribution in [2.75, 3.05) is 82.3 Å². The van der Waals surface area contributed by atoms with Gasteiger partial charge in [0.1, 0.15) is 23.5 Å². The molecule has 6 heterocycles. The van der Waals surface area contributed by atoms with Crippen molar-refractivity contribution < 1.29 is 9.13 Å². The summed E-state index contributed by atoms with van der Waals surface area (Å²) in [6.07, 6.45) is 8.55. The van der Waals surface area contributed by atoms with Crippen LogP contribution in [0.15, 0.2) is 53.7 Å². The van der Waals surface area contributed by atoms with Gasteiger partial charge in [-0.05, 0) is 60.9 Å². The highest BCUT2D eigenvalue weighted by molar-refractivity contribution is 9.10. The number of aromatic nitrogens is 7. The number of anilines is 5. The lowest BCUT2D eigenvalue weighted by molar-refractivity contribution is 0.0531. The second-order valence-electron chi connectivity index (χ2n) is 12.9. The largest absolute Gasteiger partial charge is 0.479 e. The van der Waals surface area contributed by atoms with Crippen LogP contribution in [0.25, 0.3) is 22.2 Å². The van der Waals surface area contributed by atoms with Gasteiger partial charge in [0, 0.05) is 92.7 Å². The van der Waals surface area contributed by atoms with E-state index >= 15 is 4.39 Å². The highest BCUT2D eigenvalue weighted by atomic mass is 79.9. The quantitative estimate of drug-likeness (QED) is 0.196. The molecule has 0 radical (unpaired) electrons. The number of halogens is 2. The van der Waals surface area contributed by atoms with Crippen LogP contribution in [0.3, 0.4) is 0 Å². The molecule has 0 saturated carbocycles. The number of alkyl halides is 1. The van der Waals surface area contributed by atoms with Gasteiger partial charge >= 0.3 is 0 Å². The number of likely N-dealkylation sites (N-methyl/N-ethyl adjacent to an activating group) is 1. The van der Waals surface area contributed by atoms with Gasteiger partial charge in [0.05, 0.1) is 35.4 Å². The Morgan fingerprint density at radius 2 is 1.76 bits per heavy atom. The number of pyridine rings is 1. The second-order valence-corrected chi connectivity index (χ2v) is 16.0. The van der Waals surface area contributed by atoms with E-state index in [1.54, 1.807) is 36.6 Å². The van der Waals surface area contributed by atoms with Crippen molar-refractivity contribution >= 4 is 69.1 Å². The topological polar surface area (TPSA) is 125 Å². The molecule has 2 N–H and O–H groups in total. The highest BCUT2D eigenvalue weighted by Crippen LogP contribution is 2.40. The molecule has 0 spiro atoms. The Labute approximate surface area is 300 Å². The van der Waals surface area contributed by atoms with Gasteiger partial charge in [0.25, 0.3) is 0 Å². The summed E-state index contributed by atoms with van der Waals surface area (Å²) in [6.45, 7) is 9.02. The maximum atomic E-state index is 15.9. The molecular weight excluding hydrogens is 722 g/mol. The zero-order chi connectivity index (χ0) is 34.9. The summed E-state index contributed by atoms with van der Waals surface area (Å²) in [4.78, 5) is 30.1. The Balaban J connectivity index is 1.19. The first kappa shape index (κ1) is 34.4. The number of piperidine rings is 1. The number of benzene rings is 1. The average molecular weight is 764 g/mol. The number of aryl methyl sites for hydroxylation is 1. The fourth-order valence-corrected chi connectivity index (χ4v) is 8.23. The van der Waals surface area contributed by atoms with Gasteiger partial charge < -0.3 is 25.2 Å². The van der Waals surface area contributed by atoms with E-state index in [0.717, 1.165) is 59.3 Å². The molecule has 4 aromatic heterocycles. The molecule has 16 heteroatoms. The normalized spacial score (nSPS) is 18.9. The molecule has 0 aliphatic carbocycles. The molecule has 2 saturated heterocycles. The number of nitrogens with zero attached hydrogens (tertiary/aromatic N) is 10. The molecule has 2 aliphatic heterocycles. The first-order valence-electron chi connectivity index (χ1n) is 16.6. The van der Waals surface area contributed by atoms with Gasteiger partial charge in [0.15, 0.2) is 0 Å². The number of hydrogen-bond acceptors (Lipinski definition) is 12. The predicted molar refractivity (Wildman–Crippen MR) is 202 cm³/mol. The molecule has 5 aromatic rings. The van der Waals surface area contributed by atoms with Crippen molar-refractivity contribution in [2.45, 2.75) is 18.6 Å². The Hall–Kier alpha value is -4.04. The van der Waals surface area contributed by atoms with Crippen molar-refractivity contribution in [3.8, 4) is 17.0 Å². The minimum absolute atomic E-state index is 0.0952. The second kappa shape index (κ2) is 14.7. The van der Waals surface area contributed by atoms with Crippen LogP contribution in [0.1, 0.15) is 6.42 Å². The van der Waals surface area contributed by atoms with Gasteiger partial charge in [-0.1, -0.05) is 7.92 Å². The average Bonchev–Trinajstić information content (AvgIpc) is 3.55. The van der Waals surface area contributed by atoms with E-state index < -0.39 is 14.1 Å². The third-order valence-corrected chi connectivity index (χ3v) is 11.2. The third-order valence-electron chi connectivity index (χ3n) is 9.29. The minimum atomic E-state index is -1.01. The number of ether oxygens (including phenoxy) is 1. The number of nitrogens with one attached hydrogen (secondary N) is 2. The molecule has 13 nitrogen and oxygen atoms in total. The van der Waals surface area contributed by atoms with Crippen molar-refractivity contribution in [3.63, 3.8) is 0 Å². The van der Waals surface area contributed by atoms with Crippen LogP contribution < -0.4 is 25.6 Å². The maximum Gasteiger partial charge on any atom is 0.239 e. The number of piperazine rings is 1. The zero-order valence-corrected chi connectivity index (χ0v) is 31.3. The van der Waals surface area contributed by atoms with E-state index in [9.17, 15) is 0 Å². The van der Waals surface area contributed by atoms with E-state index in [0.29, 0.717) is 46.6 Å². The maximum absolute atomic E-state index is 15.9. The standard InChI is InChI=1S/C34H41BrFN12OP/c1-45-12-14-47(15-13-45)28-8-11-48(20-24(28)36)32-22(21-17-40-46(2)19-21)16-27(33(44-32)49-3)42-34-39-18-23(35)31(43-34)41-26-7-6-25-29(30(26)50(4)5)38-10-9-37-25/h6-7,9-10,16-19,24,28H,8,11-15,20H2,1-5H3,(H2,39,41,42,43). The lowest BCUT2D eigenvalue weighted by Crippen LogP contribution is -2.57. The van der Waals surface area contributed by atoms with Crippen molar-refractivity contribution in [1.29, 1.82) is 0 Å². The monoisotopic (exact) mass is 762 g/mol. The Morgan fingerprint density at radius 3 is 2.48 bits per heavy atom. The minimum Gasteiger partial charge on any atom is -0.479 e. The van der Waals surface area contributed by atoms with E-state index in [2.05, 4.69) is 76.8 Å². The van der Waals surface area contributed by atoms with Gasteiger partial charge in [-0.3, -0.25) is 19.5 Å². The number of hydrogen-bond donors (Lipinski definition) is 2. The summed E-state index contributed by atoms with van der Waals surface area (Å²) in [5.74, 6) is 1.93. The van der Waals surface area contributed by atoms with Crippen molar-refractivity contribution in [2.24, 2.45) is 7.05 Å². The molecule has 0 bridgehead atoms. The summed E-state index contributed by atoms with van der Waals surface area (Å²) < 4.78 is 24.2. The lowest BCUT2D eigenvalue weighted by atomic mass is 9.99. The van der Waals surface area contributed by atoms with Crippen molar-refractivity contribution in [3.05, 3.63) is 53.7 Å². The fourth-order valence-electron chi connectivity index (χ4n) is 6.73. The number of methoxy groups -OCH3 is 1. The van der Waals surface area contributed by atoms with Crippen LogP contribution in [-0.4, -0.2) is 123 Å². The first-order valence-corrected chi connectivity index (χ1v) is 19.6. The summed E-state index contributed by atoms with van der Waals surface area (Å²) in [6, 6.07) is 5.83. The summed E-state index contributed by atoms with van der Waals surface area (Å²) >= 11 is 3.62. The molecule has 1 aromatic carbocycles. The van der Waals surface area contributed by atoms with E-state index in [1.807, 2.05) is 36.3 Å². The fraction of sp³-hybridized carbons (Fsp3) is 0.412. The van der Waals surface area contributed by atoms with E-state index in [-0.39, 0.29) is 12.6 Å². The van der Waals surface area contributed by atoms with Gasteiger partial charge in [-0.15, -0.1) is 0 Å². The molecular formula is C34H41BrFN12OP. The smallest absolute Gasteiger partial charge is 0.239 e. The van der Waals surface area contributed by atoms with Crippen LogP contribution in [0, 0.1) is 0 Å². The molecule has 50 heavy (non-hydrogen) atoms. The van der Waals surface area contributed by atoms with Crippen molar-refractivity contribution in [1.82, 2.24) is 44.5 Å². The Morgan fingerprint density at radius 1 is 0.960 bits per heavy atom. The number of fused-ring (bicyclic) bond motifs is 1. The summed E-state index contributed by atoms with van der Waals surface area (Å²) in [7, 11) is 5.04. The van der Waals surface area contributed by atoms with Crippen LogP contribution >= 0.6 is 23.9 Å². The molecule has 2 atom stereocenters. The lowest BCUT2D eigenvalue weighted by Gasteiger charge is -2.44. The highest BCUT2D eigenvalue weighted by Gasteiger charge is 2.36. The SMILES string of the molecule is COc1nc(N2CCC(N3CCN(C)CC3)C(F)C2)c(-c2cnn(C)c2)cc1Nc1ncc(Br)c(Nc2ccc3nccnc3c2P(C)C)n1. The molecule has 2 aliphatic rings. The molecule has 0 amide bonds. The molecule has 2 fully saturated rings. The molecule has 7 rings (SSSR count). The van der Waals surface area contributed by atoms with Crippen LogP contribution in [-0.2, 0) is 7.05 Å². The van der Waals surface area contributed by atoms with Crippen LogP contribution in [0.4, 0.5) is 33.3 Å². The van der Waals surface area contributed by atoms with Gasteiger partial charge in [0.2, 0.25) is 11.8 Å². The summed E-state index contributed by atoms with van der Waals surface area (Å²) in [5, 5.41) is 12.4. The van der Waals surface area contributed by atoms with Crippen LogP contribution in [0.2, 0.25) is 0 Å². The van der Waals surface area contributed by atoms with E-state index in [4.69, 9.17) is 14.7 Å². The Bertz CT molecular complexity index is 1990. The van der Waals surface area contributed by atoms with E-state index in [1.165, 1.54) is 0 Å². The predicted octanol–water partition coefficient (Wildman–Crippen LogP) is 5.00. The molecule has 262 valence electrons. The first-order chi connectivity index (χ1) is 24.2. The Kier molecular flexibility index (Phi) is 10.1. The summed E-state index contributed by atoms with van der Waals surface area (Å²) in [5.41, 5.74) is 4.87. The molecule has 2 unspecified atom stereocenters. The zero-order valence-electron chi connectivity index (χ0n) is 28.8. The third kappa shape index (κ3) is 7.09. The van der Waals surface area contributed by atoms with Gasteiger partial charge in [-0.2, -0.15) is 15.1 Å².